The van der Waals surface area contributed by atoms with Crippen LogP contribution in [-0.4, -0.2) is 69.9 Å². The molecule has 3 rings (SSSR count). The summed E-state index contributed by atoms with van der Waals surface area (Å²) in [5.74, 6) is 1.37. The van der Waals surface area contributed by atoms with Crippen LogP contribution in [0, 0.1) is 0 Å². The quantitative estimate of drug-likeness (QED) is 0.315. The second-order valence-electron chi connectivity index (χ2n) is 7.62. The second-order valence-corrected chi connectivity index (χ2v) is 9.80. The van der Waals surface area contributed by atoms with Gasteiger partial charge in [-0.05, 0) is 18.6 Å². The molecule has 1 heterocycles. The van der Waals surface area contributed by atoms with Gasteiger partial charge in [-0.25, -0.2) is 18.4 Å². The summed E-state index contributed by atoms with van der Waals surface area (Å²) in [6, 6.07) is 10.6. The number of fused-ring (bicyclic) bond motifs is 1. The van der Waals surface area contributed by atoms with Crippen LogP contribution in [0.5, 0.6) is 17.2 Å². The highest BCUT2D eigenvalue weighted by Gasteiger charge is 2.21. The van der Waals surface area contributed by atoms with Crippen LogP contribution in [0.2, 0.25) is 0 Å². The lowest BCUT2D eigenvalue weighted by Crippen LogP contribution is -2.13. The maximum absolute atomic E-state index is 12.6. The average molecular weight is 506 g/mol. The summed E-state index contributed by atoms with van der Waals surface area (Å²) in [4.78, 5) is 9.26. The van der Waals surface area contributed by atoms with Crippen LogP contribution in [0.25, 0.3) is 11.0 Å². The summed E-state index contributed by atoms with van der Waals surface area (Å²) in [6.45, 7) is 2.39. The SMILES string of the molecule is CCCS(=O)(=O)Cc1nc2ccccc2nc1Nc1cc(OC)cc(OC)c1OCCOCCO. The standard InChI is InChI=1S/C24H31N3O7S/c1-4-13-35(29,30)16-21-24(26-19-8-6-5-7-18(19)25-21)27-20-14-17(31-2)15-22(32-3)23(20)34-12-11-33-10-9-28/h5-8,14-15,28H,4,9-13,16H2,1-3H3,(H,26,27). The number of nitrogens with zero attached hydrogens (tertiary/aromatic N) is 2. The van der Waals surface area contributed by atoms with Crippen LogP contribution >= 0.6 is 0 Å². The molecule has 0 amide bonds. The Balaban J connectivity index is 2.04. The fourth-order valence-corrected chi connectivity index (χ4v) is 4.80. The predicted molar refractivity (Wildman–Crippen MR) is 134 cm³/mol. The van der Waals surface area contributed by atoms with Gasteiger partial charge in [0, 0.05) is 12.1 Å². The van der Waals surface area contributed by atoms with E-state index in [0.717, 1.165) is 0 Å². The second kappa shape index (κ2) is 12.5. The fourth-order valence-electron chi connectivity index (χ4n) is 3.41. The van der Waals surface area contributed by atoms with E-state index < -0.39 is 9.84 Å². The van der Waals surface area contributed by atoms with Gasteiger partial charge in [-0.1, -0.05) is 19.1 Å². The Morgan fingerprint density at radius 3 is 2.40 bits per heavy atom. The van der Waals surface area contributed by atoms with E-state index in [4.69, 9.17) is 24.1 Å². The van der Waals surface area contributed by atoms with Gasteiger partial charge in [0.05, 0.1) is 68.0 Å². The number of rotatable bonds is 14. The third kappa shape index (κ3) is 7.17. The zero-order valence-electron chi connectivity index (χ0n) is 20.1. The zero-order valence-corrected chi connectivity index (χ0v) is 20.9. The molecule has 10 nitrogen and oxygen atoms in total. The summed E-state index contributed by atoms with van der Waals surface area (Å²) in [5, 5.41) is 12.1. The molecule has 1 aromatic heterocycles. The molecule has 190 valence electrons. The summed E-state index contributed by atoms with van der Waals surface area (Å²) >= 11 is 0. The molecule has 0 fully saturated rings. The lowest BCUT2D eigenvalue weighted by atomic mass is 10.2. The molecule has 0 bridgehead atoms. The molecule has 35 heavy (non-hydrogen) atoms. The molecule has 0 aliphatic rings. The number of hydrogen-bond donors (Lipinski definition) is 2. The number of anilines is 2. The maximum Gasteiger partial charge on any atom is 0.185 e. The Morgan fingerprint density at radius 2 is 1.74 bits per heavy atom. The first-order valence-corrected chi connectivity index (χ1v) is 13.0. The monoisotopic (exact) mass is 505 g/mol. The van der Waals surface area contributed by atoms with E-state index in [1.54, 1.807) is 24.3 Å². The number of sulfone groups is 1. The van der Waals surface area contributed by atoms with E-state index >= 15 is 0 Å². The number of benzene rings is 2. The molecule has 0 radical (unpaired) electrons. The molecule has 2 N–H and O–H groups in total. The lowest BCUT2D eigenvalue weighted by molar-refractivity contribution is 0.0700. The van der Waals surface area contributed by atoms with Gasteiger partial charge in [0.15, 0.2) is 27.2 Å². The van der Waals surface area contributed by atoms with Crippen LogP contribution in [0.4, 0.5) is 11.5 Å². The van der Waals surface area contributed by atoms with Gasteiger partial charge in [0.25, 0.3) is 0 Å². The summed E-state index contributed by atoms with van der Waals surface area (Å²) in [5.41, 5.74) is 1.97. The fraction of sp³-hybridized carbons (Fsp3) is 0.417. The minimum Gasteiger partial charge on any atom is -0.497 e. The summed E-state index contributed by atoms with van der Waals surface area (Å²) in [7, 11) is -0.353. The van der Waals surface area contributed by atoms with Crippen molar-refractivity contribution >= 4 is 32.4 Å². The average Bonchev–Trinajstić information content (AvgIpc) is 2.84. The number of aliphatic hydroxyl groups excluding tert-OH is 1. The highest BCUT2D eigenvalue weighted by Crippen LogP contribution is 2.41. The molecule has 0 spiro atoms. The van der Waals surface area contributed by atoms with Crippen molar-refractivity contribution in [2.24, 2.45) is 0 Å². The van der Waals surface area contributed by atoms with Crippen molar-refractivity contribution in [2.45, 2.75) is 19.1 Å². The smallest absolute Gasteiger partial charge is 0.185 e. The minimum absolute atomic E-state index is 0.0517. The molecule has 0 aliphatic carbocycles. The van der Waals surface area contributed by atoms with Crippen molar-refractivity contribution < 1.29 is 32.5 Å². The van der Waals surface area contributed by atoms with Gasteiger partial charge in [0.1, 0.15) is 12.4 Å². The summed E-state index contributed by atoms with van der Waals surface area (Å²) in [6.07, 6.45) is 0.509. The van der Waals surface area contributed by atoms with E-state index in [9.17, 15) is 8.42 Å². The molecule has 3 aromatic rings. The molecule has 0 unspecified atom stereocenters. The van der Waals surface area contributed by atoms with Crippen LogP contribution in [-0.2, 0) is 20.3 Å². The predicted octanol–water partition coefficient (Wildman–Crippen LogP) is 3.10. The maximum atomic E-state index is 12.6. The van der Waals surface area contributed by atoms with Crippen molar-refractivity contribution in [2.75, 3.05) is 51.7 Å². The number of aromatic nitrogens is 2. The topological polar surface area (TPSA) is 129 Å². The lowest BCUT2D eigenvalue weighted by Gasteiger charge is -2.19. The normalized spacial score (nSPS) is 11.4. The molecule has 11 heteroatoms. The number of nitrogens with one attached hydrogen (secondary N) is 1. The first-order valence-electron chi connectivity index (χ1n) is 11.2. The molecule has 0 atom stereocenters. The van der Waals surface area contributed by atoms with Gasteiger partial charge in [0.2, 0.25) is 0 Å². The molecule has 0 saturated carbocycles. The summed E-state index contributed by atoms with van der Waals surface area (Å²) < 4.78 is 47.4. The first kappa shape index (κ1) is 26.5. The molecule has 2 aromatic carbocycles. The van der Waals surface area contributed by atoms with Gasteiger partial charge < -0.3 is 29.4 Å². The van der Waals surface area contributed by atoms with Crippen LogP contribution in [0.1, 0.15) is 19.0 Å². The van der Waals surface area contributed by atoms with Gasteiger partial charge in [-0.2, -0.15) is 0 Å². The number of methoxy groups -OCH3 is 2. The largest absolute Gasteiger partial charge is 0.497 e. The molecular weight excluding hydrogens is 474 g/mol. The number of para-hydroxylation sites is 2. The Kier molecular flexibility index (Phi) is 9.47. The van der Waals surface area contributed by atoms with Crippen LogP contribution in [0.3, 0.4) is 0 Å². The first-order chi connectivity index (χ1) is 16.9. The van der Waals surface area contributed by atoms with Crippen molar-refractivity contribution in [3.05, 3.63) is 42.1 Å². The van der Waals surface area contributed by atoms with Crippen molar-refractivity contribution in [1.29, 1.82) is 0 Å². The van der Waals surface area contributed by atoms with Gasteiger partial charge in [-0.3, -0.25) is 0 Å². The highest BCUT2D eigenvalue weighted by molar-refractivity contribution is 7.90. The third-order valence-electron chi connectivity index (χ3n) is 4.96. The van der Waals surface area contributed by atoms with E-state index in [1.165, 1.54) is 14.2 Å². The zero-order chi connectivity index (χ0) is 25.3. The molecule has 0 aliphatic heterocycles. The number of ether oxygens (including phenoxy) is 4. The van der Waals surface area contributed by atoms with Crippen LogP contribution < -0.4 is 19.5 Å². The van der Waals surface area contributed by atoms with Gasteiger partial charge >= 0.3 is 0 Å². The molecular formula is C24H31N3O7S. The van der Waals surface area contributed by atoms with E-state index in [-0.39, 0.29) is 37.9 Å². The van der Waals surface area contributed by atoms with E-state index in [2.05, 4.69) is 15.3 Å². The number of hydrogen-bond acceptors (Lipinski definition) is 10. The van der Waals surface area contributed by atoms with E-state index in [1.807, 2.05) is 19.1 Å². The Morgan fingerprint density at radius 1 is 1.00 bits per heavy atom. The third-order valence-corrected chi connectivity index (χ3v) is 6.70. The Bertz CT molecular complexity index is 1240. The highest BCUT2D eigenvalue weighted by atomic mass is 32.2. The van der Waals surface area contributed by atoms with Gasteiger partial charge in [-0.15, -0.1) is 0 Å². The number of aliphatic hydroxyl groups is 1. The van der Waals surface area contributed by atoms with Crippen molar-refractivity contribution in [3.63, 3.8) is 0 Å². The Labute approximate surface area is 205 Å². The van der Waals surface area contributed by atoms with Crippen molar-refractivity contribution in [1.82, 2.24) is 9.97 Å². The van der Waals surface area contributed by atoms with Crippen LogP contribution in [0.15, 0.2) is 36.4 Å². The molecule has 0 saturated heterocycles. The minimum atomic E-state index is -3.39. The Hall–Kier alpha value is -3.15. The van der Waals surface area contributed by atoms with Crippen molar-refractivity contribution in [3.8, 4) is 17.2 Å². The van der Waals surface area contributed by atoms with E-state index in [0.29, 0.717) is 51.9 Å².